The Hall–Kier alpha value is -1.26. The van der Waals surface area contributed by atoms with Crippen molar-refractivity contribution in [1.82, 2.24) is 0 Å². The van der Waals surface area contributed by atoms with E-state index in [-0.39, 0.29) is 11.3 Å². The average Bonchev–Trinajstić information content (AvgIpc) is 2.33. The number of halogens is 3. The molecule has 0 aliphatic heterocycles. The molecule has 0 unspecified atom stereocenters. The Labute approximate surface area is 113 Å². The minimum atomic E-state index is -0.553. The summed E-state index contributed by atoms with van der Waals surface area (Å²) in [5, 5.41) is 0.542. The van der Waals surface area contributed by atoms with E-state index in [1.54, 1.807) is 18.2 Å². The Bertz CT molecular complexity index is 555. The van der Waals surface area contributed by atoms with Crippen LogP contribution < -0.4 is 5.73 Å². The molecular formula is C13H10ClF2NS. The number of nitrogens with two attached hydrogens (primary N) is 1. The predicted molar refractivity (Wildman–Crippen MR) is 71.8 cm³/mol. The molecule has 0 bridgehead atoms. The molecule has 0 aromatic heterocycles. The first-order chi connectivity index (χ1) is 8.58. The van der Waals surface area contributed by atoms with Crippen LogP contribution in [-0.2, 0) is 5.75 Å². The van der Waals surface area contributed by atoms with E-state index >= 15 is 0 Å². The second kappa shape index (κ2) is 5.59. The van der Waals surface area contributed by atoms with Crippen LogP contribution in [-0.4, -0.2) is 0 Å². The van der Waals surface area contributed by atoms with E-state index in [2.05, 4.69) is 0 Å². The summed E-state index contributed by atoms with van der Waals surface area (Å²) in [6.07, 6.45) is 0. The second-order valence-electron chi connectivity index (χ2n) is 3.67. The fraction of sp³-hybridized carbons (Fsp3) is 0.0769. The van der Waals surface area contributed by atoms with Gasteiger partial charge in [-0.2, -0.15) is 0 Å². The van der Waals surface area contributed by atoms with Crippen LogP contribution in [0.25, 0.3) is 0 Å². The highest BCUT2D eigenvalue weighted by Gasteiger charge is 2.10. The van der Waals surface area contributed by atoms with Gasteiger partial charge in [-0.3, -0.25) is 0 Å². The summed E-state index contributed by atoms with van der Waals surface area (Å²) in [5.41, 5.74) is 6.35. The third-order valence-electron chi connectivity index (χ3n) is 2.41. The maximum atomic E-state index is 13.4. The van der Waals surface area contributed by atoms with Gasteiger partial charge >= 0.3 is 0 Å². The van der Waals surface area contributed by atoms with Crippen LogP contribution in [0.15, 0.2) is 41.3 Å². The number of benzene rings is 2. The topological polar surface area (TPSA) is 26.0 Å². The molecule has 0 saturated heterocycles. The van der Waals surface area contributed by atoms with E-state index in [1.807, 2.05) is 0 Å². The van der Waals surface area contributed by atoms with Gasteiger partial charge in [-0.1, -0.05) is 17.7 Å². The van der Waals surface area contributed by atoms with Crippen molar-refractivity contribution in [3.63, 3.8) is 0 Å². The van der Waals surface area contributed by atoms with E-state index in [0.29, 0.717) is 15.6 Å². The number of rotatable bonds is 3. The van der Waals surface area contributed by atoms with Crippen LogP contribution in [0.3, 0.4) is 0 Å². The summed E-state index contributed by atoms with van der Waals surface area (Å²) in [6, 6.07) is 8.83. The van der Waals surface area contributed by atoms with E-state index in [1.165, 1.54) is 30.0 Å². The fourth-order valence-corrected chi connectivity index (χ4v) is 2.71. The Balaban J connectivity index is 2.19. The van der Waals surface area contributed by atoms with Crippen molar-refractivity contribution in [2.24, 2.45) is 0 Å². The molecule has 2 aromatic carbocycles. The highest BCUT2D eigenvalue weighted by molar-refractivity contribution is 7.98. The largest absolute Gasteiger partial charge is 0.398 e. The lowest BCUT2D eigenvalue weighted by Gasteiger charge is -2.07. The van der Waals surface area contributed by atoms with Crippen molar-refractivity contribution >= 4 is 29.1 Å². The molecule has 0 aliphatic rings. The molecule has 2 rings (SSSR count). The zero-order valence-corrected chi connectivity index (χ0v) is 10.9. The third kappa shape index (κ3) is 2.94. The summed E-state index contributed by atoms with van der Waals surface area (Å²) in [4.78, 5) is 0.713. The van der Waals surface area contributed by atoms with Crippen molar-refractivity contribution in [1.29, 1.82) is 0 Å². The lowest BCUT2D eigenvalue weighted by atomic mass is 10.2. The molecular weight excluding hydrogens is 276 g/mol. The van der Waals surface area contributed by atoms with Crippen molar-refractivity contribution in [3.8, 4) is 0 Å². The molecule has 0 amide bonds. The summed E-state index contributed by atoms with van der Waals surface area (Å²) >= 11 is 7.10. The molecule has 5 heteroatoms. The molecule has 0 heterocycles. The molecule has 18 heavy (non-hydrogen) atoms. The fourth-order valence-electron chi connectivity index (χ4n) is 1.45. The number of hydrogen-bond donors (Lipinski definition) is 1. The second-order valence-corrected chi connectivity index (χ2v) is 5.12. The number of anilines is 1. The SMILES string of the molecule is Nc1ccc(Cl)cc1SCc1c(F)cccc1F. The number of nitrogen functional groups attached to an aromatic ring is 1. The van der Waals surface area contributed by atoms with Crippen LogP contribution in [0, 0.1) is 11.6 Å². The summed E-state index contributed by atoms with van der Waals surface area (Å²) in [5.74, 6) is -0.936. The minimum Gasteiger partial charge on any atom is -0.398 e. The molecule has 0 radical (unpaired) electrons. The van der Waals surface area contributed by atoms with Gasteiger partial charge in [0.05, 0.1) is 0 Å². The quantitative estimate of drug-likeness (QED) is 0.664. The molecule has 2 aromatic rings. The molecule has 1 nitrogen and oxygen atoms in total. The lowest BCUT2D eigenvalue weighted by molar-refractivity contribution is 0.566. The maximum absolute atomic E-state index is 13.4. The zero-order valence-electron chi connectivity index (χ0n) is 9.29. The maximum Gasteiger partial charge on any atom is 0.130 e. The van der Waals surface area contributed by atoms with Crippen LogP contribution in [0.1, 0.15) is 5.56 Å². The standard InChI is InChI=1S/C13H10ClF2NS/c14-8-4-5-12(17)13(6-8)18-7-9-10(15)2-1-3-11(9)16/h1-6H,7,17H2. The molecule has 0 fully saturated rings. The Morgan fingerprint density at radius 2 is 1.78 bits per heavy atom. The van der Waals surface area contributed by atoms with Crippen molar-refractivity contribution in [3.05, 3.63) is 58.6 Å². The summed E-state index contributed by atoms with van der Waals surface area (Å²) in [6.45, 7) is 0. The van der Waals surface area contributed by atoms with Crippen LogP contribution in [0.4, 0.5) is 14.5 Å². The van der Waals surface area contributed by atoms with Crippen LogP contribution in [0.5, 0.6) is 0 Å². The third-order valence-corrected chi connectivity index (χ3v) is 3.74. The van der Waals surface area contributed by atoms with Gasteiger partial charge in [0.2, 0.25) is 0 Å². The highest BCUT2D eigenvalue weighted by Crippen LogP contribution is 2.31. The predicted octanol–water partition coefficient (Wildman–Crippen LogP) is 4.49. The molecule has 0 spiro atoms. The Morgan fingerprint density at radius 1 is 1.11 bits per heavy atom. The number of thioether (sulfide) groups is 1. The Kier molecular flexibility index (Phi) is 4.09. The first-order valence-electron chi connectivity index (χ1n) is 5.18. The first kappa shape index (κ1) is 13.2. The summed E-state index contributed by atoms with van der Waals surface area (Å²) < 4.78 is 26.8. The molecule has 0 aliphatic carbocycles. The smallest absolute Gasteiger partial charge is 0.130 e. The van der Waals surface area contributed by atoms with Crippen molar-refractivity contribution in [2.75, 3.05) is 5.73 Å². The highest BCUT2D eigenvalue weighted by atomic mass is 35.5. The zero-order chi connectivity index (χ0) is 13.1. The normalized spacial score (nSPS) is 10.6. The van der Waals surface area contributed by atoms with Crippen LogP contribution >= 0.6 is 23.4 Å². The molecule has 0 saturated carbocycles. The molecule has 0 atom stereocenters. The van der Waals surface area contributed by atoms with Crippen molar-refractivity contribution < 1.29 is 8.78 Å². The van der Waals surface area contributed by atoms with Gasteiger partial charge in [0.15, 0.2) is 0 Å². The average molecular weight is 286 g/mol. The lowest BCUT2D eigenvalue weighted by Crippen LogP contribution is -1.94. The van der Waals surface area contributed by atoms with Gasteiger partial charge < -0.3 is 5.73 Å². The molecule has 94 valence electrons. The van der Waals surface area contributed by atoms with E-state index in [0.717, 1.165) is 0 Å². The minimum absolute atomic E-state index is 0.0434. The van der Waals surface area contributed by atoms with Gasteiger partial charge in [0, 0.05) is 26.9 Å². The van der Waals surface area contributed by atoms with E-state index in [9.17, 15) is 8.78 Å². The van der Waals surface area contributed by atoms with Crippen LogP contribution in [0.2, 0.25) is 5.02 Å². The van der Waals surface area contributed by atoms with Gasteiger partial charge in [0.25, 0.3) is 0 Å². The van der Waals surface area contributed by atoms with Gasteiger partial charge in [-0.25, -0.2) is 8.78 Å². The van der Waals surface area contributed by atoms with Gasteiger partial charge in [0.1, 0.15) is 11.6 Å². The monoisotopic (exact) mass is 285 g/mol. The molecule has 2 N–H and O–H groups in total. The van der Waals surface area contributed by atoms with Crippen molar-refractivity contribution in [2.45, 2.75) is 10.6 Å². The van der Waals surface area contributed by atoms with Gasteiger partial charge in [-0.05, 0) is 30.3 Å². The summed E-state index contributed by atoms with van der Waals surface area (Å²) in [7, 11) is 0. The van der Waals surface area contributed by atoms with Gasteiger partial charge in [-0.15, -0.1) is 11.8 Å². The first-order valence-corrected chi connectivity index (χ1v) is 6.55. The van der Waals surface area contributed by atoms with E-state index in [4.69, 9.17) is 17.3 Å². The number of hydrogen-bond acceptors (Lipinski definition) is 2. The van der Waals surface area contributed by atoms with E-state index < -0.39 is 11.6 Å². The Morgan fingerprint density at radius 3 is 2.44 bits per heavy atom.